The number of benzene rings is 2. The summed E-state index contributed by atoms with van der Waals surface area (Å²) in [4.78, 5) is 12.3. The maximum absolute atomic E-state index is 12.3. The molecular formula is C19H15N3O3. The zero-order valence-corrected chi connectivity index (χ0v) is 13.5. The van der Waals surface area contributed by atoms with Crippen LogP contribution in [0.1, 0.15) is 21.5 Å². The predicted octanol–water partition coefficient (Wildman–Crippen LogP) is 3.03. The summed E-state index contributed by atoms with van der Waals surface area (Å²) in [6.07, 6.45) is 3.59. The van der Waals surface area contributed by atoms with Crippen molar-refractivity contribution in [3.8, 4) is 17.6 Å². The second-order valence-electron chi connectivity index (χ2n) is 5.27. The maximum atomic E-state index is 12.3. The summed E-state index contributed by atoms with van der Waals surface area (Å²) < 4.78 is 12.3. The van der Waals surface area contributed by atoms with Crippen molar-refractivity contribution in [2.75, 3.05) is 7.11 Å². The molecule has 0 saturated heterocycles. The minimum absolute atomic E-state index is 0.270. The average molecular weight is 333 g/mol. The van der Waals surface area contributed by atoms with Crippen LogP contribution in [0, 0.1) is 11.3 Å². The Balaban J connectivity index is 1.72. The van der Waals surface area contributed by atoms with Gasteiger partial charge in [-0.25, -0.2) is 4.79 Å². The Morgan fingerprint density at radius 1 is 1.20 bits per heavy atom. The van der Waals surface area contributed by atoms with Gasteiger partial charge in [-0.1, -0.05) is 12.1 Å². The van der Waals surface area contributed by atoms with Crippen LogP contribution in [-0.2, 0) is 6.54 Å². The first-order valence-corrected chi connectivity index (χ1v) is 7.56. The molecule has 1 aromatic heterocycles. The first kappa shape index (κ1) is 16.3. The Bertz CT molecular complexity index is 910. The molecule has 3 rings (SSSR count). The van der Waals surface area contributed by atoms with Gasteiger partial charge in [-0.2, -0.15) is 10.4 Å². The van der Waals surface area contributed by atoms with Crippen molar-refractivity contribution in [1.29, 1.82) is 5.26 Å². The molecule has 0 unspecified atom stereocenters. The fraction of sp³-hybridized carbons (Fsp3) is 0.105. The molecule has 0 amide bonds. The van der Waals surface area contributed by atoms with Crippen molar-refractivity contribution >= 4 is 5.97 Å². The van der Waals surface area contributed by atoms with Crippen LogP contribution in [0.15, 0.2) is 60.9 Å². The number of hydrogen-bond donors (Lipinski definition) is 0. The lowest BCUT2D eigenvalue weighted by atomic mass is 10.1. The highest BCUT2D eigenvalue weighted by atomic mass is 16.6. The van der Waals surface area contributed by atoms with E-state index in [1.807, 2.05) is 30.5 Å². The van der Waals surface area contributed by atoms with E-state index in [9.17, 15) is 4.79 Å². The first-order valence-electron chi connectivity index (χ1n) is 7.56. The van der Waals surface area contributed by atoms with Gasteiger partial charge in [-0.15, -0.1) is 0 Å². The zero-order valence-electron chi connectivity index (χ0n) is 13.5. The molecule has 0 aliphatic heterocycles. The number of methoxy groups -OCH3 is 1. The predicted molar refractivity (Wildman–Crippen MR) is 90.4 cm³/mol. The van der Waals surface area contributed by atoms with Crippen LogP contribution < -0.4 is 9.47 Å². The summed E-state index contributed by atoms with van der Waals surface area (Å²) >= 11 is 0. The van der Waals surface area contributed by atoms with Crippen molar-refractivity contribution in [2.45, 2.75) is 6.54 Å². The fourth-order valence-electron chi connectivity index (χ4n) is 2.31. The van der Waals surface area contributed by atoms with E-state index >= 15 is 0 Å². The number of ether oxygens (including phenoxy) is 2. The van der Waals surface area contributed by atoms with Crippen LogP contribution >= 0.6 is 0 Å². The van der Waals surface area contributed by atoms with Crippen molar-refractivity contribution in [2.24, 2.45) is 0 Å². The van der Waals surface area contributed by atoms with E-state index < -0.39 is 5.97 Å². The molecule has 3 aromatic rings. The molecule has 0 atom stereocenters. The smallest absolute Gasteiger partial charge is 0.343 e. The SMILES string of the molecule is COc1cc(C#N)ccc1OC(=O)c1ccc(Cn2cccn2)cc1. The van der Waals surface area contributed by atoms with Crippen LogP contribution in [0.3, 0.4) is 0 Å². The Morgan fingerprint density at radius 2 is 2.00 bits per heavy atom. The zero-order chi connectivity index (χ0) is 17.6. The van der Waals surface area contributed by atoms with Crippen LogP contribution in [0.25, 0.3) is 0 Å². The molecule has 1 heterocycles. The van der Waals surface area contributed by atoms with Gasteiger partial charge in [0.1, 0.15) is 0 Å². The lowest BCUT2D eigenvalue weighted by Gasteiger charge is -2.09. The Hall–Kier alpha value is -3.59. The molecule has 2 aromatic carbocycles. The number of rotatable bonds is 5. The summed E-state index contributed by atoms with van der Waals surface area (Å²) in [6, 6.07) is 15.6. The minimum Gasteiger partial charge on any atom is -0.493 e. The standard InChI is InChI=1S/C19H15N3O3/c1-24-18-11-15(12-20)5-8-17(18)25-19(23)16-6-3-14(4-7-16)13-22-10-2-9-21-22/h2-11H,13H2,1H3. The monoisotopic (exact) mass is 333 g/mol. The summed E-state index contributed by atoms with van der Waals surface area (Å²) in [5.41, 5.74) is 1.88. The van der Waals surface area contributed by atoms with E-state index in [0.717, 1.165) is 5.56 Å². The molecule has 124 valence electrons. The molecule has 6 heteroatoms. The lowest BCUT2D eigenvalue weighted by Crippen LogP contribution is -2.09. The van der Waals surface area contributed by atoms with E-state index in [-0.39, 0.29) is 5.75 Å². The highest BCUT2D eigenvalue weighted by molar-refractivity contribution is 5.91. The molecule has 0 radical (unpaired) electrons. The Labute approximate surface area is 144 Å². The van der Waals surface area contributed by atoms with E-state index in [2.05, 4.69) is 5.10 Å². The summed E-state index contributed by atoms with van der Waals surface area (Å²) in [7, 11) is 1.46. The first-order chi connectivity index (χ1) is 12.2. The van der Waals surface area contributed by atoms with E-state index in [4.69, 9.17) is 14.7 Å². The topological polar surface area (TPSA) is 77.1 Å². The highest BCUT2D eigenvalue weighted by Crippen LogP contribution is 2.28. The lowest BCUT2D eigenvalue weighted by molar-refractivity contribution is 0.0729. The number of aromatic nitrogens is 2. The van der Waals surface area contributed by atoms with Gasteiger partial charge in [-0.3, -0.25) is 4.68 Å². The molecular weight excluding hydrogens is 318 g/mol. The third kappa shape index (κ3) is 3.85. The van der Waals surface area contributed by atoms with Gasteiger partial charge in [0.2, 0.25) is 0 Å². The van der Waals surface area contributed by atoms with E-state index in [0.29, 0.717) is 23.4 Å². The molecule has 0 spiro atoms. The number of esters is 1. The van der Waals surface area contributed by atoms with E-state index in [1.165, 1.54) is 13.2 Å². The van der Waals surface area contributed by atoms with E-state index in [1.54, 1.807) is 35.1 Å². The molecule has 0 fully saturated rings. The molecule has 0 aliphatic rings. The quantitative estimate of drug-likeness (QED) is 0.530. The molecule has 0 saturated carbocycles. The summed E-state index contributed by atoms with van der Waals surface area (Å²) in [5.74, 6) is 0.114. The number of carbonyl (C=O) groups excluding carboxylic acids is 1. The third-order valence-corrected chi connectivity index (χ3v) is 3.59. The third-order valence-electron chi connectivity index (χ3n) is 3.59. The number of nitrogens with zero attached hydrogens (tertiary/aromatic N) is 3. The number of carbonyl (C=O) groups is 1. The van der Waals surface area contributed by atoms with Gasteiger partial charge in [0, 0.05) is 18.5 Å². The average Bonchev–Trinajstić information content (AvgIpc) is 3.15. The van der Waals surface area contributed by atoms with Gasteiger partial charge in [-0.05, 0) is 35.9 Å². The molecule has 0 aliphatic carbocycles. The fourth-order valence-corrected chi connectivity index (χ4v) is 2.31. The van der Waals surface area contributed by atoms with Gasteiger partial charge in [0.15, 0.2) is 11.5 Å². The van der Waals surface area contributed by atoms with Crippen molar-refractivity contribution in [1.82, 2.24) is 9.78 Å². The van der Waals surface area contributed by atoms with Crippen LogP contribution in [0.5, 0.6) is 11.5 Å². The number of hydrogen-bond acceptors (Lipinski definition) is 5. The molecule has 0 N–H and O–H groups in total. The van der Waals surface area contributed by atoms with Gasteiger partial charge >= 0.3 is 5.97 Å². The highest BCUT2D eigenvalue weighted by Gasteiger charge is 2.13. The second kappa shape index (κ2) is 7.32. The summed E-state index contributed by atoms with van der Waals surface area (Å²) in [6.45, 7) is 0.631. The Kier molecular flexibility index (Phi) is 4.77. The largest absolute Gasteiger partial charge is 0.493 e. The van der Waals surface area contributed by atoms with Crippen molar-refractivity contribution < 1.29 is 14.3 Å². The van der Waals surface area contributed by atoms with Crippen LogP contribution in [0.2, 0.25) is 0 Å². The minimum atomic E-state index is -0.492. The van der Waals surface area contributed by atoms with Crippen LogP contribution in [-0.4, -0.2) is 22.9 Å². The molecule has 6 nitrogen and oxygen atoms in total. The van der Waals surface area contributed by atoms with Crippen LogP contribution in [0.4, 0.5) is 0 Å². The molecule has 25 heavy (non-hydrogen) atoms. The number of nitriles is 1. The van der Waals surface area contributed by atoms with Gasteiger partial charge in [0.05, 0.1) is 30.9 Å². The van der Waals surface area contributed by atoms with Crippen molar-refractivity contribution in [3.63, 3.8) is 0 Å². The normalized spacial score (nSPS) is 10.1. The maximum Gasteiger partial charge on any atom is 0.343 e. The molecule has 0 bridgehead atoms. The van der Waals surface area contributed by atoms with Gasteiger partial charge in [0.25, 0.3) is 0 Å². The summed E-state index contributed by atoms with van der Waals surface area (Å²) in [5, 5.41) is 13.1. The van der Waals surface area contributed by atoms with Crippen molar-refractivity contribution in [3.05, 3.63) is 77.6 Å². The second-order valence-corrected chi connectivity index (χ2v) is 5.27. The van der Waals surface area contributed by atoms with Gasteiger partial charge < -0.3 is 9.47 Å². The Morgan fingerprint density at radius 3 is 2.64 bits per heavy atom.